The van der Waals surface area contributed by atoms with Crippen LogP contribution in [0.5, 0.6) is 0 Å². The van der Waals surface area contributed by atoms with Gasteiger partial charge in [0.1, 0.15) is 0 Å². The minimum absolute atomic E-state index is 0.176. The van der Waals surface area contributed by atoms with Crippen molar-refractivity contribution in [3.63, 3.8) is 0 Å². The molecule has 1 aliphatic rings. The zero-order chi connectivity index (χ0) is 10.4. The lowest BCUT2D eigenvalue weighted by molar-refractivity contribution is -0.0545. The Morgan fingerprint density at radius 2 is 2.36 bits per heavy atom. The van der Waals surface area contributed by atoms with E-state index >= 15 is 0 Å². The topological polar surface area (TPSA) is 41.9 Å². The van der Waals surface area contributed by atoms with Gasteiger partial charge in [-0.2, -0.15) is 0 Å². The zero-order valence-electron chi connectivity index (χ0n) is 9.11. The molecule has 1 saturated heterocycles. The third-order valence-corrected chi connectivity index (χ3v) is 2.53. The predicted octanol–water partition coefficient (Wildman–Crippen LogP) is 0.104. The van der Waals surface area contributed by atoms with Crippen molar-refractivity contribution < 1.29 is 14.6 Å². The third-order valence-electron chi connectivity index (χ3n) is 2.53. The highest BCUT2D eigenvalue weighted by molar-refractivity contribution is 4.72. The fourth-order valence-electron chi connectivity index (χ4n) is 1.67. The van der Waals surface area contributed by atoms with Crippen LogP contribution in [0.15, 0.2) is 0 Å². The Morgan fingerprint density at radius 1 is 1.57 bits per heavy atom. The van der Waals surface area contributed by atoms with Gasteiger partial charge in [-0.3, -0.25) is 0 Å². The molecule has 1 aliphatic heterocycles. The highest BCUT2D eigenvalue weighted by Crippen LogP contribution is 2.14. The molecule has 2 atom stereocenters. The summed E-state index contributed by atoms with van der Waals surface area (Å²) in [5, 5.41) is 9.45. The second-order valence-electron chi connectivity index (χ2n) is 3.93. The van der Waals surface area contributed by atoms with Crippen molar-refractivity contribution in [3.8, 4) is 0 Å². The number of rotatable bonds is 5. The maximum atomic E-state index is 9.45. The van der Waals surface area contributed by atoms with E-state index in [1.54, 1.807) is 7.11 Å². The molecule has 0 radical (unpaired) electrons. The predicted molar refractivity (Wildman–Crippen MR) is 54.4 cm³/mol. The molecule has 0 spiro atoms. The molecule has 0 aromatic carbocycles. The van der Waals surface area contributed by atoms with Gasteiger partial charge in [-0.25, -0.2) is 0 Å². The van der Waals surface area contributed by atoms with Crippen LogP contribution < -0.4 is 0 Å². The number of hydrogen-bond donors (Lipinski definition) is 1. The van der Waals surface area contributed by atoms with Gasteiger partial charge < -0.3 is 19.5 Å². The molecule has 0 bridgehead atoms. The molecular weight excluding hydrogens is 182 g/mol. The Morgan fingerprint density at radius 3 is 3.00 bits per heavy atom. The summed E-state index contributed by atoms with van der Waals surface area (Å²) >= 11 is 0. The Hall–Kier alpha value is -0.160. The average Bonchev–Trinajstić information content (AvgIpc) is 2.15. The standard InChI is InChI=1S/C10H21NO3/c1-11(4-6-13-2)8-10-7-9(12)3-5-14-10/h9-10,12H,3-8H2,1-2H3/t9-,10+/m1/s1. The lowest BCUT2D eigenvalue weighted by atomic mass is 10.1. The van der Waals surface area contributed by atoms with Gasteiger partial charge in [0.15, 0.2) is 0 Å². The summed E-state index contributed by atoms with van der Waals surface area (Å²) in [5.41, 5.74) is 0. The van der Waals surface area contributed by atoms with Gasteiger partial charge in [-0.1, -0.05) is 0 Å². The van der Waals surface area contributed by atoms with Crippen molar-refractivity contribution in [1.82, 2.24) is 4.90 Å². The van der Waals surface area contributed by atoms with Crippen LogP contribution in [0, 0.1) is 0 Å². The number of ether oxygens (including phenoxy) is 2. The normalized spacial score (nSPS) is 28.3. The lowest BCUT2D eigenvalue weighted by Gasteiger charge is -2.29. The number of hydrogen-bond acceptors (Lipinski definition) is 4. The Labute approximate surface area is 85.8 Å². The van der Waals surface area contributed by atoms with E-state index in [0.29, 0.717) is 6.61 Å². The molecule has 0 aliphatic carbocycles. The fraction of sp³-hybridized carbons (Fsp3) is 1.00. The minimum atomic E-state index is -0.176. The van der Waals surface area contributed by atoms with Crippen molar-refractivity contribution in [3.05, 3.63) is 0 Å². The lowest BCUT2D eigenvalue weighted by Crippen LogP contribution is -2.38. The maximum Gasteiger partial charge on any atom is 0.0726 e. The first-order chi connectivity index (χ1) is 6.72. The van der Waals surface area contributed by atoms with E-state index in [9.17, 15) is 5.11 Å². The molecule has 0 unspecified atom stereocenters. The van der Waals surface area contributed by atoms with Gasteiger partial charge in [-0.15, -0.1) is 0 Å². The summed E-state index contributed by atoms with van der Waals surface area (Å²) in [7, 11) is 3.75. The van der Waals surface area contributed by atoms with Crippen LogP contribution in [0.25, 0.3) is 0 Å². The second kappa shape index (κ2) is 6.35. The van der Waals surface area contributed by atoms with Gasteiger partial charge in [0.2, 0.25) is 0 Å². The first kappa shape index (κ1) is 11.9. The average molecular weight is 203 g/mol. The van der Waals surface area contributed by atoms with Crippen LogP contribution in [0.3, 0.4) is 0 Å². The monoisotopic (exact) mass is 203 g/mol. The van der Waals surface area contributed by atoms with Crippen LogP contribution >= 0.6 is 0 Å². The summed E-state index contributed by atoms with van der Waals surface area (Å²) in [5.74, 6) is 0. The van der Waals surface area contributed by atoms with Crippen molar-refractivity contribution in [2.75, 3.05) is 40.5 Å². The van der Waals surface area contributed by atoms with E-state index < -0.39 is 0 Å². The van der Waals surface area contributed by atoms with E-state index in [-0.39, 0.29) is 12.2 Å². The van der Waals surface area contributed by atoms with Crippen molar-refractivity contribution >= 4 is 0 Å². The maximum absolute atomic E-state index is 9.45. The highest BCUT2D eigenvalue weighted by Gasteiger charge is 2.21. The summed E-state index contributed by atoms with van der Waals surface area (Å²) in [4.78, 5) is 2.17. The Bertz CT molecular complexity index is 154. The first-order valence-corrected chi connectivity index (χ1v) is 5.19. The minimum Gasteiger partial charge on any atom is -0.393 e. The van der Waals surface area contributed by atoms with Gasteiger partial charge in [0.05, 0.1) is 18.8 Å². The van der Waals surface area contributed by atoms with Crippen molar-refractivity contribution in [1.29, 1.82) is 0 Å². The number of aliphatic hydroxyl groups excluding tert-OH is 1. The molecule has 4 heteroatoms. The molecule has 0 aromatic heterocycles. The molecule has 14 heavy (non-hydrogen) atoms. The number of likely N-dealkylation sites (N-methyl/N-ethyl adjacent to an activating group) is 1. The summed E-state index contributed by atoms with van der Waals surface area (Å²) in [6.07, 6.45) is 1.54. The van der Waals surface area contributed by atoms with Crippen LogP contribution in [0.4, 0.5) is 0 Å². The van der Waals surface area contributed by atoms with Crippen LogP contribution in [0.2, 0.25) is 0 Å². The first-order valence-electron chi connectivity index (χ1n) is 5.19. The zero-order valence-corrected chi connectivity index (χ0v) is 9.11. The van der Waals surface area contributed by atoms with Crippen LogP contribution in [0.1, 0.15) is 12.8 Å². The molecule has 1 heterocycles. The fourth-order valence-corrected chi connectivity index (χ4v) is 1.67. The molecule has 1 N–H and O–H groups in total. The van der Waals surface area contributed by atoms with E-state index in [1.807, 2.05) is 7.05 Å². The van der Waals surface area contributed by atoms with Gasteiger partial charge in [0.25, 0.3) is 0 Å². The van der Waals surface area contributed by atoms with Crippen molar-refractivity contribution in [2.45, 2.75) is 25.0 Å². The van der Waals surface area contributed by atoms with E-state index in [1.165, 1.54) is 0 Å². The number of aliphatic hydroxyl groups is 1. The molecule has 0 aromatic rings. The number of methoxy groups -OCH3 is 1. The summed E-state index contributed by atoms with van der Waals surface area (Å²) in [6, 6.07) is 0. The second-order valence-corrected chi connectivity index (χ2v) is 3.93. The van der Waals surface area contributed by atoms with E-state index in [2.05, 4.69) is 4.90 Å². The van der Waals surface area contributed by atoms with E-state index in [0.717, 1.165) is 32.5 Å². The molecule has 1 fully saturated rings. The Kier molecular flexibility index (Phi) is 5.40. The van der Waals surface area contributed by atoms with Crippen molar-refractivity contribution in [2.24, 2.45) is 0 Å². The quantitative estimate of drug-likeness (QED) is 0.688. The third kappa shape index (κ3) is 4.37. The molecule has 84 valence electrons. The highest BCUT2D eigenvalue weighted by atomic mass is 16.5. The van der Waals surface area contributed by atoms with Crippen LogP contribution in [-0.2, 0) is 9.47 Å². The summed E-state index contributed by atoms with van der Waals surface area (Å²) in [6.45, 7) is 3.21. The van der Waals surface area contributed by atoms with Gasteiger partial charge in [0, 0.05) is 33.2 Å². The molecular formula is C10H21NO3. The largest absolute Gasteiger partial charge is 0.393 e. The van der Waals surface area contributed by atoms with Gasteiger partial charge >= 0.3 is 0 Å². The smallest absolute Gasteiger partial charge is 0.0726 e. The van der Waals surface area contributed by atoms with E-state index in [4.69, 9.17) is 9.47 Å². The molecule has 0 saturated carbocycles. The number of nitrogens with zero attached hydrogens (tertiary/aromatic N) is 1. The molecule has 4 nitrogen and oxygen atoms in total. The Balaban J connectivity index is 2.15. The SMILES string of the molecule is COCCN(C)C[C@@H]1C[C@H](O)CCO1. The summed E-state index contributed by atoms with van der Waals surface area (Å²) < 4.78 is 10.5. The molecule has 0 amide bonds. The molecule has 1 rings (SSSR count). The van der Waals surface area contributed by atoms with Gasteiger partial charge in [-0.05, 0) is 13.5 Å². The van der Waals surface area contributed by atoms with Crippen LogP contribution in [-0.4, -0.2) is 62.7 Å².